The minimum absolute atomic E-state index is 1.12. The summed E-state index contributed by atoms with van der Waals surface area (Å²) in [5, 5.41) is 9.98. The monoisotopic (exact) mass is 597 g/mol. The fraction of sp³-hybridized carbons (Fsp3) is 0. The van der Waals surface area contributed by atoms with E-state index in [1.165, 1.54) is 65.3 Å². The SMILES string of the molecule is c1cc(-c2cc3ccccc3c3ccccc23)cc(N(c2ccccc2-c2ccc3ccccc3c2)c2cccc3ccccc23)c1. The first-order chi connectivity index (χ1) is 23.3. The molecule has 0 radical (unpaired) electrons. The molecule has 0 unspecified atom stereocenters. The summed E-state index contributed by atoms with van der Waals surface area (Å²) in [5.74, 6) is 0. The normalized spacial score (nSPS) is 11.4. The summed E-state index contributed by atoms with van der Waals surface area (Å²) in [7, 11) is 0. The van der Waals surface area contributed by atoms with E-state index in [0.29, 0.717) is 0 Å². The van der Waals surface area contributed by atoms with Crippen LogP contribution < -0.4 is 4.90 Å². The topological polar surface area (TPSA) is 3.24 Å². The molecule has 0 amide bonds. The molecule has 1 heteroatoms. The van der Waals surface area contributed by atoms with Gasteiger partial charge in [0.2, 0.25) is 0 Å². The molecule has 1 nitrogen and oxygen atoms in total. The predicted molar refractivity (Wildman–Crippen MR) is 202 cm³/mol. The molecule has 0 N–H and O–H groups in total. The highest BCUT2D eigenvalue weighted by Crippen LogP contribution is 2.45. The molecule has 47 heavy (non-hydrogen) atoms. The molecule has 0 saturated heterocycles. The zero-order valence-electron chi connectivity index (χ0n) is 25.8. The molecule has 0 aliphatic carbocycles. The summed E-state index contributed by atoms with van der Waals surface area (Å²) >= 11 is 0. The van der Waals surface area contributed by atoms with Gasteiger partial charge in [-0.05, 0) is 90.8 Å². The van der Waals surface area contributed by atoms with Crippen LogP contribution in [0.25, 0.3) is 65.3 Å². The lowest BCUT2D eigenvalue weighted by molar-refractivity contribution is 1.30. The lowest BCUT2D eigenvalue weighted by Crippen LogP contribution is -2.12. The molecule has 220 valence electrons. The van der Waals surface area contributed by atoms with Crippen LogP contribution in [0.1, 0.15) is 0 Å². The van der Waals surface area contributed by atoms with Crippen molar-refractivity contribution in [1.29, 1.82) is 0 Å². The first-order valence-corrected chi connectivity index (χ1v) is 16.2. The lowest BCUT2D eigenvalue weighted by atomic mass is 9.93. The van der Waals surface area contributed by atoms with Crippen LogP contribution in [0.3, 0.4) is 0 Å². The number of hydrogen-bond donors (Lipinski definition) is 0. The Hall–Kier alpha value is -6.18. The number of fused-ring (bicyclic) bond motifs is 5. The maximum Gasteiger partial charge on any atom is 0.0540 e. The number of nitrogens with zero attached hydrogens (tertiary/aromatic N) is 1. The fourth-order valence-electron chi connectivity index (χ4n) is 7.19. The number of anilines is 3. The second-order valence-electron chi connectivity index (χ2n) is 12.2. The van der Waals surface area contributed by atoms with E-state index in [-0.39, 0.29) is 0 Å². The van der Waals surface area contributed by atoms with E-state index in [1.807, 2.05) is 0 Å². The van der Waals surface area contributed by atoms with E-state index >= 15 is 0 Å². The Morgan fingerprint density at radius 2 is 0.872 bits per heavy atom. The number of benzene rings is 9. The molecule has 0 saturated carbocycles. The minimum Gasteiger partial charge on any atom is -0.309 e. The smallest absolute Gasteiger partial charge is 0.0540 e. The van der Waals surface area contributed by atoms with Crippen molar-refractivity contribution in [3.63, 3.8) is 0 Å². The second-order valence-corrected chi connectivity index (χ2v) is 12.2. The average Bonchev–Trinajstić information content (AvgIpc) is 3.15. The van der Waals surface area contributed by atoms with E-state index in [1.54, 1.807) is 0 Å². The predicted octanol–water partition coefficient (Wildman–Crippen LogP) is 13.1. The Kier molecular flexibility index (Phi) is 6.54. The van der Waals surface area contributed by atoms with Gasteiger partial charge in [-0.25, -0.2) is 0 Å². The van der Waals surface area contributed by atoms with Crippen LogP contribution >= 0.6 is 0 Å². The number of hydrogen-bond acceptors (Lipinski definition) is 1. The van der Waals surface area contributed by atoms with Gasteiger partial charge in [0.05, 0.1) is 11.4 Å². The molecule has 0 spiro atoms. The van der Waals surface area contributed by atoms with Crippen molar-refractivity contribution in [2.75, 3.05) is 4.90 Å². The maximum atomic E-state index is 2.44. The van der Waals surface area contributed by atoms with Crippen LogP contribution in [-0.2, 0) is 0 Å². The van der Waals surface area contributed by atoms with Gasteiger partial charge in [-0.15, -0.1) is 0 Å². The Morgan fingerprint density at radius 1 is 0.277 bits per heavy atom. The Labute approximate surface area is 274 Å². The standard InChI is InChI=1S/C46H31N/c1-2-15-34-29-37(28-27-32(34)13-1)41-22-9-10-25-45(41)47(46-26-12-17-33-14-3-6-21-40(33)46)38-19-11-18-35(30-38)44-31-36-16-4-5-20-39(36)42-23-7-8-24-43(42)44/h1-31H. The van der Waals surface area contributed by atoms with E-state index in [0.717, 1.165) is 17.1 Å². The zero-order valence-corrected chi connectivity index (χ0v) is 25.8. The Bertz CT molecular complexity index is 2590. The van der Waals surface area contributed by atoms with Gasteiger partial charge in [0, 0.05) is 16.6 Å². The van der Waals surface area contributed by atoms with Crippen LogP contribution in [0.4, 0.5) is 17.1 Å². The van der Waals surface area contributed by atoms with Gasteiger partial charge in [-0.3, -0.25) is 0 Å². The van der Waals surface area contributed by atoms with E-state index in [9.17, 15) is 0 Å². The highest BCUT2D eigenvalue weighted by molar-refractivity contribution is 6.14. The summed E-state index contributed by atoms with van der Waals surface area (Å²) < 4.78 is 0. The molecular formula is C46H31N. The van der Waals surface area contributed by atoms with Crippen molar-refractivity contribution in [3.8, 4) is 22.3 Å². The third kappa shape index (κ3) is 4.72. The van der Waals surface area contributed by atoms with Gasteiger partial charge < -0.3 is 4.90 Å². The number of para-hydroxylation sites is 1. The summed E-state index contributed by atoms with van der Waals surface area (Å²) in [6.07, 6.45) is 0. The molecule has 0 aliphatic rings. The van der Waals surface area contributed by atoms with Gasteiger partial charge in [-0.2, -0.15) is 0 Å². The zero-order chi connectivity index (χ0) is 31.2. The minimum atomic E-state index is 1.12. The summed E-state index contributed by atoms with van der Waals surface area (Å²) in [5.41, 5.74) is 8.22. The first-order valence-electron chi connectivity index (χ1n) is 16.2. The first kappa shape index (κ1) is 27.2. The summed E-state index contributed by atoms with van der Waals surface area (Å²) in [4.78, 5) is 2.44. The molecule has 0 fully saturated rings. The van der Waals surface area contributed by atoms with E-state index < -0.39 is 0 Å². The average molecular weight is 598 g/mol. The quantitative estimate of drug-likeness (QED) is 0.178. The van der Waals surface area contributed by atoms with Gasteiger partial charge in [0.15, 0.2) is 0 Å². The molecular weight excluding hydrogens is 567 g/mol. The molecule has 0 bridgehead atoms. The van der Waals surface area contributed by atoms with E-state index in [2.05, 4.69) is 193 Å². The maximum absolute atomic E-state index is 2.44. The van der Waals surface area contributed by atoms with Gasteiger partial charge in [0.25, 0.3) is 0 Å². The van der Waals surface area contributed by atoms with Gasteiger partial charge >= 0.3 is 0 Å². The molecule has 9 aromatic carbocycles. The van der Waals surface area contributed by atoms with Crippen molar-refractivity contribution in [2.45, 2.75) is 0 Å². The number of rotatable bonds is 5. The largest absolute Gasteiger partial charge is 0.309 e. The van der Waals surface area contributed by atoms with Crippen molar-refractivity contribution in [3.05, 3.63) is 188 Å². The third-order valence-electron chi connectivity index (χ3n) is 9.40. The van der Waals surface area contributed by atoms with Crippen LogP contribution in [0.15, 0.2) is 188 Å². The van der Waals surface area contributed by atoms with Crippen LogP contribution in [0.5, 0.6) is 0 Å². The molecule has 9 aromatic rings. The Balaban J connectivity index is 1.30. The lowest BCUT2D eigenvalue weighted by Gasteiger charge is -2.29. The Morgan fingerprint density at radius 3 is 1.74 bits per heavy atom. The van der Waals surface area contributed by atoms with Crippen molar-refractivity contribution in [2.24, 2.45) is 0 Å². The van der Waals surface area contributed by atoms with Crippen molar-refractivity contribution in [1.82, 2.24) is 0 Å². The summed E-state index contributed by atoms with van der Waals surface area (Å²) in [6, 6.07) is 68.4. The second kappa shape index (κ2) is 11.3. The highest BCUT2D eigenvalue weighted by Gasteiger charge is 2.20. The van der Waals surface area contributed by atoms with Gasteiger partial charge in [-0.1, -0.05) is 152 Å². The van der Waals surface area contributed by atoms with Crippen molar-refractivity contribution >= 4 is 60.2 Å². The van der Waals surface area contributed by atoms with Gasteiger partial charge in [0.1, 0.15) is 0 Å². The molecule has 9 rings (SSSR count). The van der Waals surface area contributed by atoms with Crippen LogP contribution in [-0.4, -0.2) is 0 Å². The van der Waals surface area contributed by atoms with E-state index in [4.69, 9.17) is 0 Å². The molecule has 0 heterocycles. The molecule has 0 atom stereocenters. The highest BCUT2D eigenvalue weighted by atomic mass is 15.1. The van der Waals surface area contributed by atoms with Crippen LogP contribution in [0.2, 0.25) is 0 Å². The van der Waals surface area contributed by atoms with Crippen molar-refractivity contribution < 1.29 is 0 Å². The van der Waals surface area contributed by atoms with Crippen LogP contribution in [0, 0.1) is 0 Å². The third-order valence-corrected chi connectivity index (χ3v) is 9.40. The summed E-state index contributed by atoms with van der Waals surface area (Å²) in [6.45, 7) is 0. The molecule has 0 aromatic heterocycles. The molecule has 0 aliphatic heterocycles. The fourth-order valence-corrected chi connectivity index (χ4v) is 7.19.